The highest BCUT2D eigenvalue weighted by Crippen LogP contribution is 2.28. The number of rotatable bonds is 4. The monoisotopic (exact) mass is 383 g/mol. The topological polar surface area (TPSA) is 47.5 Å². The SMILES string of the molecule is Cc1nc(Br)cnc1O[C@H]1CC[C@H](OC2CCN(C)CC2)CC1. The summed E-state index contributed by atoms with van der Waals surface area (Å²) in [5.41, 5.74) is 0.837. The summed E-state index contributed by atoms with van der Waals surface area (Å²) in [5.74, 6) is 0.660. The molecular formula is C17H26BrN3O2. The maximum Gasteiger partial charge on any atom is 0.235 e. The average molecular weight is 384 g/mol. The van der Waals surface area contributed by atoms with Crippen LogP contribution in [0.2, 0.25) is 0 Å². The summed E-state index contributed by atoms with van der Waals surface area (Å²) < 4.78 is 13.1. The summed E-state index contributed by atoms with van der Waals surface area (Å²) in [6, 6.07) is 0. The van der Waals surface area contributed by atoms with Gasteiger partial charge in [-0.3, -0.25) is 0 Å². The summed E-state index contributed by atoms with van der Waals surface area (Å²) in [6.45, 7) is 4.25. The largest absolute Gasteiger partial charge is 0.473 e. The minimum atomic E-state index is 0.238. The first kappa shape index (κ1) is 17.1. The molecule has 0 amide bonds. The molecule has 0 unspecified atom stereocenters. The van der Waals surface area contributed by atoms with Crippen molar-refractivity contribution in [3.8, 4) is 5.88 Å². The van der Waals surface area contributed by atoms with Gasteiger partial charge in [0.2, 0.25) is 5.88 Å². The third kappa shape index (κ3) is 4.88. The third-order valence-electron chi connectivity index (χ3n) is 4.82. The van der Waals surface area contributed by atoms with Crippen LogP contribution in [-0.2, 0) is 4.74 Å². The highest BCUT2D eigenvalue weighted by molar-refractivity contribution is 9.10. The van der Waals surface area contributed by atoms with Crippen LogP contribution >= 0.6 is 15.9 Å². The van der Waals surface area contributed by atoms with Crippen LogP contribution in [0.4, 0.5) is 0 Å². The lowest BCUT2D eigenvalue weighted by molar-refractivity contribution is -0.0646. The molecule has 0 aromatic carbocycles. The summed E-state index contributed by atoms with van der Waals surface area (Å²) in [6.07, 6.45) is 9.36. The Balaban J connectivity index is 1.43. The summed E-state index contributed by atoms with van der Waals surface area (Å²) in [7, 11) is 2.19. The van der Waals surface area contributed by atoms with E-state index >= 15 is 0 Å². The Hall–Kier alpha value is -0.720. The smallest absolute Gasteiger partial charge is 0.235 e. The van der Waals surface area contributed by atoms with E-state index in [4.69, 9.17) is 9.47 Å². The quantitative estimate of drug-likeness (QED) is 0.797. The maximum absolute atomic E-state index is 6.30. The van der Waals surface area contributed by atoms with Gasteiger partial charge in [-0.25, -0.2) is 9.97 Å². The van der Waals surface area contributed by atoms with Crippen molar-refractivity contribution >= 4 is 15.9 Å². The first-order chi connectivity index (χ1) is 11.1. The van der Waals surface area contributed by atoms with E-state index < -0.39 is 0 Å². The molecule has 0 atom stereocenters. The first-order valence-electron chi connectivity index (χ1n) is 8.60. The summed E-state index contributed by atoms with van der Waals surface area (Å²) in [4.78, 5) is 11.0. The molecule has 0 N–H and O–H groups in total. The molecule has 3 rings (SSSR count). The molecule has 2 heterocycles. The van der Waals surface area contributed by atoms with E-state index in [0.29, 0.717) is 18.1 Å². The van der Waals surface area contributed by atoms with Gasteiger partial charge in [0.25, 0.3) is 0 Å². The summed E-state index contributed by atoms with van der Waals surface area (Å²) >= 11 is 3.33. The van der Waals surface area contributed by atoms with Gasteiger partial charge in [0.05, 0.1) is 18.4 Å². The van der Waals surface area contributed by atoms with Crippen LogP contribution in [0.3, 0.4) is 0 Å². The normalized spacial score (nSPS) is 27.1. The Kier molecular flexibility index (Phi) is 5.88. The van der Waals surface area contributed by atoms with E-state index in [1.807, 2.05) is 6.92 Å². The van der Waals surface area contributed by atoms with E-state index in [1.165, 1.54) is 12.8 Å². The number of ether oxygens (including phenoxy) is 2. The Morgan fingerprint density at radius 1 is 1.04 bits per heavy atom. The summed E-state index contributed by atoms with van der Waals surface area (Å²) in [5, 5.41) is 0. The molecule has 0 radical (unpaired) electrons. The molecule has 23 heavy (non-hydrogen) atoms. The Bertz CT molecular complexity index is 513. The fraction of sp³-hybridized carbons (Fsp3) is 0.765. The number of halogens is 1. The number of aromatic nitrogens is 2. The molecule has 0 bridgehead atoms. The molecule has 1 aliphatic carbocycles. The molecule has 2 aliphatic rings. The molecule has 1 aromatic heterocycles. The zero-order chi connectivity index (χ0) is 16.2. The molecule has 6 heteroatoms. The van der Waals surface area contributed by atoms with Crippen LogP contribution < -0.4 is 4.74 Å². The van der Waals surface area contributed by atoms with Crippen molar-refractivity contribution in [3.63, 3.8) is 0 Å². The van der Waals surface area contributed by atoms with Gasteiger partial charge in [-0.1, -0.05) is 0 Å². The lowest BCUT2D eigenvalue weighted by Gasteiger charge is -2.34. The van der Waals surface area contributed by atoms with Gasteiger partial charge in [0.15, 0.2) is 0 Å². The van der Waals surface area contributed by atoms with Crippen LogP contribution in [-0.4, -0.2) is 53.3 Å². The van der Waals surface area contributed by atoms with E-state index in [0.717, 1.165) is 49.1 Å². The van der Waals surface area contributed by atoms with Crippen LogP contribution in [0, 0.1) is 6.92 Å². The lowest BCUT2D eigenvalue weighted by atomic mass is 9.94. The van der Waals surface area contributed by atoms with Crippen LogP contribution in [0.5, 0.6) is 5.88 Å². The Morgan fingerprint density at radius 2 is 1.65 bits per heavy atom. The van der Waals surface area contributed by atoms with Crippen molar-refractivity contribution in [2.45, 2.75) is 63.8 Å². The van der Waals surface area contributed by atoms with Crippen molar-refractivity contribution in [2.24, 2.45) is 0 Å². The van der Waals surface area contributed by atoms with Gasteiger partial charge in [-0.2, -0.15) is 0 Å². The van der Waals surface area contributed by atoms with E-state index in [9.17, 15) is 0 Å². The molecule has 1 aromatic rings. The molecule has 0 spiro atoms. The fourth-order valence-corrected chi connectivity index (χ4v) is 3.76. The second-order valence-electron chi connectivity index (χ2n) is 6.74. The molecule has 2 fully saturated rings. The Labute approximate surface area is 146 Å². The van der Waals surface area contributed by atoms with Crippen LogP contribution in [0.1, 0.15) is 44.2 Å². The van der Waals surface area contributed by atoms with Gasteiger partial charge in [0.1, 0.15) is 16.4 Å². The van der Waals surface area contributed by atoms with Crippen molar-refractivity contribution < 1.29 is 9.47 Å². The van der Waals surface area contributed by atoms with Crippen molar-refractivity contribution in [3.05, 3.63) is 16.5 Å². The van der Waals surface area contributed by atoms with E-state index in [1.54, 1.807) is 6.20 Å². The van der Waals surface area contributed by atoms with Gasteiger partial charge < -0.3 is 14.4 Å². The highest BCUT2D eigenvalue weighted by atomic mass is 79.9. The first-order valence-corrected chi connectivity index (χ1v) is 9.39. The number of likely N-dealkylation sites (tertiary alicyclic amines) is 1. The predicted molar refractivity (Wildman–Crippen MR) is 92.7 cm³/mol. The Morgan fingerprint density at radius 3 is 2.30 bits per heavy atom. The van der Waals surface area contributed by atoms with Crippen molar-refractivity contribution in [1.82, 2.24) is 14.9 Å². The predicted octanol–water partition coefficient (Wildman–Crippen LogP) is 3.35. The fourth-order valence-electron chi connectivity index (χ4n) is 3.40. The van der Waals surface area contributed by atoms with Gasteiger partial charge >= 0.3 is 0 Å². The molecular weight excluding hydrogens is 358 g/mol. The molecule has 1 saturated heterocycles. The molecule has 5 nitrogen and oxygen atoms in total. The van der Waals surface area contributed by atoms with Crippen molar-refractivity contribution in [1.29, 1.82) is 0 Å². The second kappa shape index (κ2) is 7.90. The van der Waals surface area contributed by atoms with Gasteiger partial charge in [-0.05, 0) is 68.4 Å². The standard InChI is InChI=1S/C17H26BrN3O2/c1-12-17(19-11-16(18)20-12)23-14-5-3-13(4-6-14)22-15-7-9-21(2)10-8-15/h11,13-15H,3-10H2,1-2H3/t13-,14-. The van der Waals surface area contributed by atoms with E-state index in [-0.39, 0.29) is 6.10 Å². The number of nitrogens with zero attached hydrogens (tertiary/aromatic N) is 3. The second-order valence-corrected chi connectivity index (χ2v) is 7.55. The molecule has 1 saturated carbocycles. The average Bonchev–Trinajstić information content (AvgIpc) is 2.54. The molecule has 128 valence electrons. The third-order valence-corrected chi connectivity index (χ3v) is 5.20. The van der Waals surface area contributed by atoms with Gasteiger partial charge in [-0.15, -0.1) is 0 Å². The van der Waals surface area contributed by atoms with Crippen LogP contribution in [0.15, 0.2) is 10.8 Å². The zero-order valence-corrected chi connectivity index (χ0v) is 15.6. The van der Waals surface area contributed by atoms with Crippen molar-refractivity contribution in [2.75, 3.05) is 20.1 Å². The molecule has 1 aliphatic heterocycles. The van der Waals surface area contributed by atoms with Crippen LogP contribution in [0.25, 0.3) is 0 Å². The number of piperidine rings is 1. The highest BCUT2D eigenvalue weighted by Gasteiger charge is 2.27. The minimum absolute atomic E-state index is 0.238. The van der Waals surface area contributed by atoms with E-state index in [2.05, 4.69) is 37.8 Å². The number of hydrogen-bond donors (Lipinski definition) is 0. The van der Waals surface area contributed by atoms with Gasteiger partial charge in [0, 0.05) is 13.1 Å². The minimum Gasteiger partial charge on any atom is -0.473 e. The zero-order valence-electron chi connectivity index (χ0n) is 14.0. The maximum atomic E-state index is 6.30. The number of aryl methyl sites for hydroxylation is 1. The lowest BCUT2D eigenvalue weighted by Crippen LogP contribution is -2.38. The number of hydrogen-bond acceptors (Lipinski definition) is 5.